The number of hydrogen-bond acceptors (Lipinski definition) is 4. The predicted octanol–water partition coefficient (Wildman–Crippen LogP) is 2.40. The molecule has 0 aliphatic carbocycles. The minimum absolute atomic E-state index is 0.213. The fraction of sp³-hybridized carbons (Fsp3) is 0.538. The predicted molar refractivity (Wildman–Crippen MR) is 69.4 cm³/mol. The van der Waals surface area contributed by atoms with Crippen molar-refractivity contribution in [2.24, 2.45) is 0 Å². The molecule has 2 rings (SSSR count). The molecule has 4 nitrogen and oxygen atoms in total. The molecule has 3 N–H and O–H groups in total. The highest BCUT2D eigenvalue weighted by Gasteiger charge is 2.16. The quantitative estimate of drug-likeness (QED) is 0.792. The van der Waals surface area contributed by atoms with Gasteiger partial charge in [0.25, 0.3) is 0 Å². The zero-order chi connectivity index (χ0) is 13.0. The van der Waals surface area contributed by atoms with Crippen molar-refractivity contribution in [1.29, 1.82) is 0 Å². The van der Waals surface area contributed by atoms with E-state index in [1.54, 1.807) is 6.07 Å². The Labute approximate surface area is 106 Å². The first-order chi connectivity index (χ1) is 8.70. The van der Waals surface area contributed by atoms with Crippen molar-refractivity contribution in [1.82, 2.24) is 0 Å². The van der Waals surface area contributed by atoms with E-state index in [0.29, 0.717) is 24.5 Å². The molecule has 0 radical (unpaired) electrons. The van der Waals surface area contributed by atoms with Crippen LogP contribution in [0.3, 0.4) is 0 Å². The van der Waals surface area contributed by atoms with E-state index in [-0.39, 0.29) is 11.9 Å². The number of nitrogen functional groups attached to an aromatic ring is 1. The second-order valence-corrected chi connectivity index (χ2v) is 4.32. The minimum Gasteiger partial charge on any atom is -0.491 e. The smallest absolute Gasteiger partial charge is 0.167 e. The number of hydrogen-bond donors (Lipinski definition) is 2. The molecule has 5 heteroatoms. The Morgan fingerprint density at radius 1 is 1.56 bits per heavy atom. The van der Waals surface area contributed by atoms with E-state index >= 15 is 0 Å². The molecule has 0 aromatic heterocycles. The maximum Gasteiger partial charge on any atom is 0.167 e. The van der Waals surface area contributed by atoms with Crippen molar-refractivity contribution in [3.05, 3.63) is 17.9 Å². The summed E-state index contributed by atoms with van der Waals surface area (Å²) in [7, 11) is 0. The standard InChI is InChI=1S/C13H19FN2O2/c1-2-17-13-7-12(11(15)6-10(13)14)16-8-9-4-3-5-18-9/h6-7,9,16H,2-5,8,15H2,1H3. The van der Waals surface area contributed by atoms with Gasteiger partial charge in [-0.05, 0) is 19.8 Å². The first-order valence-corrected chi connectivity index (χ1v) is 6.28. The number of ether oxygens (including phenoxy) is 2. The van der Waals surface area contributed by atoms with Gasteiger partial charge in [0.1, 0.15) is 0 Å². The van der Waals surface area contributed by atoms with Crippen LogP contribution in [0.25, 0.3) is 0 Å². The summed E-state index contributed by atoms with van der Waals surface area (Å²) in [5.41, 5.74) is 6.85. The summed E-state index contributed by atoms with van der Waals surface area (Å²) in [5, 5.41) is 3.18. The molecule has 1 fully saturated rings. The zero-order valence-electron chi connectivity index (χ0n) is 10.5. The summed E-state index contributed by atoms with van der Waals surface area (Å²) >= 11 is 0. The Hall–Kier alpha value is -1.49. The fourth-order valence-electron chi connectivity index (χ4n) is 2.02. The normalized spacial score (nSPS) is 18.9. The number of benzene rings is 1. The fourth-order valence-corrected chi connectivity index (χ4v) is 2.02. The van der Waals surface area contributed by atoms with Gasteiger partial charge in [0.2, 0.25) is 0 Å². The number of rotatable bonds is 5. The van der Waals surface area contributed by atoms with E-state index in [2.05, 4.69) is 5.32 Å². The average Bonchev–Trinajstić information content (AvgIpc) is 2.84. The molecule has 1 aliphatic heterocycles. The van der Waals surface area contributed by atoms with Crippen molar-refractivity contribution in [3.8, 4) is 5.75 Å². The van der Waals surface area contributed by atoms with Crippen LogP contribution in [-0.2, 0) is 4.74 Å². The lowest BCUT2D eigenvalue weighted by atomic mass is 10.2. The second-order valence-electron chi connectivity index (χ2n) is 4.32. The van der Waals surface area contributed by atoms with E-state index < -0.39 is 5.82 Å². The van der Waals surface area contributed by atoms with Crippen LogP contribution in [0.15, 0.2) is 12.1 Å². The van der Waals surface area contributed by atoms with Crippen LogP contribution in [0.4, 0.5) is 15.8 Å². The second kappa shape index (κ2) is 5.91. The lowest BCUT2D eigenvalue weighted by Gasteiger charge is -2.15. The first-order valence-electron chi connectivity index (χ1n) is 6.28. The topological polar surface area (TPSA) is 56.5 Å². The molecule has 100 valence electrons. The highest BCUT2D eigenvalue weighted by molar-refractivity contribution is 5.68. The van der Waals surface area contributed by atoms with Gasteiger partial charge in [0, 0.05) is 25.3 Å². The van der Waals surface area contributed by atoms with Gasteiger partial charge in [0.15, 0.2) is 11.6 Å². The van der Waals surface area contributed by atoms with Crippen LogP contribution in [-0.4, -0.2) is 25.9 Å². The number of halogens is 1. The number of nitrogens with one attached hydrogen (secondary N) is 1. The summed E-state index contributed by atoms with van der Waals surface area (Å²) in [4.78, 5) is 0. The molecule has 1 aliphatic rings. The lowest BCUT2D eigenvalue weighted by Crippen LogP contribution is -2.19. The van der Waals surface area contributed by atoms with Crippen LogP contribution < -0.4 is 15.8 Å². The molecule has 0 saturated carbocycles. The molecule has 18 heavy (non-hydrogen) atoms. The number of nitrogens with two attached hydrogens (primary N) is 1. The Bertz CT molecular complexity index is 406. The third-order valence-electron chi connectivity index (χ3n) is 2.95. The average molecular weight is 254 g/mol. The maximum absolute atomic E-state index is 13.5. The monoisotopic (exact) mass is 254 g/mol. The zero-order valence-corrected chi connectivity index (χ0v) is 10.5. The van der Waals surface area contributed by atoms with Crippen LogP contribution >= 0.6 is 0 Å². The van der Waals surface area contributed by atoms with Crippen LogP contribution in [0.2, 0.25) is 0 Å². The highest BCUT2D eigenvalue weighted by atomic mass is 19.1. The van der Waals surface area contributed by atoms with Crippen molar-refractivity contribution >= 4 is 11.4 Å². The Kier molecular flexibility index (Phi) is 4.25. The summed E-state index contributed by atoms with van der Waals surface area (Å²) in [6, 6.07) is 2.88. The molecule has 1 aromatic rings. The van der Waals surface area contributed by atoms with Gasteiger partial charge in [-0.1, -0.05) is 0 Å². The van der Waals surface area contributed by atoms with Gasteiger partial charge in [-0.3, -0.25) is 0 Å². The molecule has 1 saturated heterocycles. The summed E-state index contributed by atoms with van der Waals surface area (Å²) in [6.45, 7) is 3.73. The Balaban J connectivity index is 2.03. The molecule has 0 spiro atoms. The van der Waals surface area contributed by atoms with Gasteiger partial charge < -0.3 is 20.5 Å². The molecule has 0 amide bonds. The third kappa shape index (κ3) is 3.04. The minimum atomic E-state index is -0.433. The molecule has 1 heterocycles. The number of anilines is 2. The highest BCUT2D eigenvalue weighted by Crippen LogP contribution is 2.28. The van der Waals surface area contributed by atoms with Crippen molar-refractivity contribution in [2.75, 3.05) is 30.8 Å². The van der Waals surface area contributed by atoms with Gasteiger partial charge in [-0.2, -0.15) is 0 Å². The van der Waals surface area contributed by atoms with Crippen LogP contribution in [0.5, 0.6) is 5.75 Å². The molecule has 1 aromatic carbocycles. The SMILES string of the molecule is CCOc1cc(NCC2CCCO2)c(N)cc1F. The van der Waals surface area contributed by atoms with E-state index in [1.807, 2.05) is 6.92 Å². The van der Waals surface area contributed by atoms with Gasteiger partial charge >= 0.3 is 0 Å². The lowest BCUT2D eigenvalue weighted by molar-refractivity contribution is 0.120. The first kappa shape index (κ1) is 13.0. The third-order valence-corrected chi connectivity index (χ3v) is 2.95. The van der Waals surface area contributed by atoms with E-state index in [0.717, 1.165) is 19.4 Å². The maximum atomic E-state index is 13.5. The Morgan fingerprint density at radius 2 is 2.39 bits per heavy atom. The summed E-state index contributed by atoms with van der Waals surface area (Å²) in [6.07, 6.45) is 2.35. The van der Waals surface area contributed by atoms with E-state index in [1.165, 1.54) is 6.07 Å². The van der Waals surface area contributed by atoms with Crippen molar-refractivity contribution in [3.63, 3.8) is 0 Å². The largest absolute Gasteiger partial charge is 0.491 e. The Morgan fingerprint density at radius 3 is 3.06 bits per heavy atom. The van der Waals surface area contributed by atoms with Gasteiger partial charge in [-0.15, -0.1) is 0 Å². The molecule has 1 atom stereocenters. The van der Waals surface area contributed by atoms with E-state index in [4.69, 9.17) is 15.2 Å². The molecule has 1 unspecified atom stereocenters. The summed E-state index contributed by atoms with van der Waals surface area (Å²) in [5.74, 6) is -0.210. The molecular weight excluding hydrogens is 235 g/mol. The van der Waals surface area contributed by atoms with E-state index in [9.17, 15) is 4.39 Å². The van der Waals surface area contributed by atoms with Gasteiger partial charge in [0.05, 0.1) is 24.1 Å². The van der Waals surface area contributed by atoms with Crippen LogP contribution in [0, 0.1) is 5.82 Å². The molecular formula is C13H19FN2O2. The van der Waals surface area contributed by atoms with Crippen LogP contribution in [0.1, 0.15) is 19.8 Å². The molecule has 0 bridgehead atoms. The van der Waals surface area contributed by atoms with Crippen molar-refractivity contribution in [2.45, 2.75) is 25.9 Å². The van der Waals surface area contributed by atoms with Gasteiger partial charge in [-0.25, -0.2) is 4.39 Å². The van der Waals surface area contributed by atoms with Crippen molar-refractivity contribution < 1.29 is 13.9 Å². The summed E-state index contributed by atoms with van der Waals surface area (Å²) < 4.78 is 24.2.